The molecule has 0 aliphatic rings. The molecule has 0 bridgehead atoms. The van der Waals surface area contributed by atoms with Gasteiger partial charge >= 0.3 is 0 Å². The molecule has 1 N–H and O–H groups in total. The highest BCUT2D eigenvalue weighted by Crippen LogP contribution is 2.27. The van der Waals surface area contributed by atoms with Gasteiger partial charge in [-0.15, -0.1) is 0 Å². The normalized spacial score (nSPS) is 12.4. The van der Waals surface area contributed by atoms with Crippen LogP contribution in [-0.4, -0.2) is 10.1 Å². The molecule has 0 aliphatic heterocycles. The van der Waals surface area contributed by atoms with Crippen LogP contribution >= 0.6 is 27.5 Å². The van der Waals surface area contributed by atoms with E-state index in [4.69, 9.17) is 11.6 Å². The van der Waals surface area contributed by atoms with Gasteiger partial charge in [0.25, 0.3) is 0 Å². The average Bonchev–Trinajstić information content (AvgIpc) is 2.33. The standard InChI is InChI=1S/C13H10BrClFNO/c14-10-2-1-5-17-13(10)12(18)6-8-3-4-9(16)7-11(8)15/h1-5,7,12,18H,6H2. The van der Waals surface area contributed by atoms with Gasteiger partial charge in [-0.3, -0.25) is 4.98 Å². The molecule has 5 heteroatoms. The van der Waals surface area contributed by atoms with E-state index < -0.39 is 11.9 Å². The third kappa shape index (κ3) is 3.07. The summed E-state index contributed by atoms with van der Waals surface area (Å²) in [6.07, 6.45) is 1.10. The van der Waals surface area contributed by atoms with E-state index in [-0.39, 0.29) is 6.42 Å². The molecule has 2 rings (SSSR count). The van der Waals surface area contributed by atoms with Crippen LogP contribution in [0.2, 0.25) is 5.02 Å². The lowest BCUT2D eigenvalue weighted by molar-refractivity contribution is 0.173. The molecular weight excluding hydrogens is 321 g/mol. The van der Waals surface area contributed by atoms with E-state index in [2.05, 4.69) is 20.9 Å². The lowest BCUT2D eigenvalue weighted by Crippen LogP contribution is -2.05. The van der Waals surface area contributed by atoms with Crippen molar-refractivity contribution in [1.82, 2.24) is 4.98 Å². The minimum absolute atomic E-state index is 0.286. The number of aliphatic hydroxyl groups is 1. The van der Waals surface area contributed by atoms with E-state index in [9.17, 15) is 9.50 Å². The Morgan fingerprint density at radius 3 is 2.83 bits per heavy atom. The van der Waals surface area contributed by atoms with Crippen molar-refractivity contribution in [3.05, 3.63) is 63.1 Å². The first-order chi connectivity index (χ1) is 8.58. The molecule has 0 saturated heterocycles. The molecule has 18 heavy (non-hydrogen) atoms. The van der Waals surface area contributed by atoms with E-state index >= 15 is 0 Å². The second kappa shape index (κ2) is 5.78. The molecule has 1 atom stereocenters. The molecule has 0 amide bonds. The molecule has 1 heterocycles. The van der Waals surface area contributed by atoms with Gasteiger partial charge in [0.15, 0.2) is 0 Å². The molecule has 0 aliphatic carbocycles. The second-order valence-corrected chi connectivity index (χ2v) is 5.09. The van der Waals surface area contributed by atoms with Gasteiger partial charge in [-0.05, 0) is 45.8 Å². The van der Waals surface area contributed by atoms with Gasteiger partial charge < -0.3 is 5.11 Å². The Balaban J connectivity index is 2.21. The lowest BCUT2D eigenvalue weighted by atomic mass is 10.1. The quantitative estimate of drug-likeness (QED) is 0.925. The maximum absolute atomic E-state index is 12.9. The van der Waals surface area contributed by atoms with Crippen LogP contribution in [0.1, 0.15) is 17.4 Å². The number of aromatic nitrogens is 1. The summed E-state index contributed by atoms with van der Waals surface area (Å²) >= 11 is 9.24. The summed E-state index contributed by atoms with van der Waals surface area (Å²) < 4.78 is 13.6. The van der Waals surface area contributed by atoms with Gasteiger partial charge in [0.05, 0.1) is 5.69 Å². The van der Waals surface area contributed by atoms with Crippen LogP contribution in [0, 0.1) is 5.82 Å². The Hall–Kier alpha value is -0.970. The van der Waals surface area contributed by atoms with Gasteiger partial charge in [-0.1, -0.05) is 17.7 Å². The zero-order valence-corrected chi connectivity index (χ0v) is 11.6. The number of hydrogen-bond donors (Lipinski definition) is 1. The van der Waals surface area contributed by atoms with Crippen molar-refractivity contribution >= 4 is 27.5 Å². The van der Waals surface area contributed by atoms with Crippen molar-refractivity contribution in [1.29, 1.82) is 0 Å². The van der Waals surface area contributed by atoms with Crippen molar-refractivity contribution in [3.63, 3.8) is 0 Å². The number of hydrogen-bond acceptors (Lipinski definition) is 2. The molecule has 2 nitrogen and oxygen atoms in total. The van der Waals surface area contributed by atoms with E-state index in [1.165, 1.54) is 12.1 Å². The van der Waals surface area contributed by atoms with Crippen LogP contribution in [0.3, 0.4) is 0 Å². The summed E-state index contributed by atoms with van der Waals surface area (Å²) in [5.74, 6) is -0.391. The smallest absolute Gasteiger partial charge is 0.124 e. The van der Waals surface area contributed by atoms with Gasteiger partial charge in [0.1, 0.15) is 11.9 Å². The van der Waals surface area contributed by atoms with Crippen molar-refractivity contribution in [3.8, 4) is 0 Å². The zero-order valence-electron chi connectivity index (χ0n) is 9.28. The monoisotopic (exact) mass is 329 g/mol. The van der Waals surface area contributed by atoms with Crippen molar-refractivity contribution in [2.75, 3.05) is 0 Å². The van der Waals surface area contributed by atoms with E-state index in [1.807, 2.05) is 0 Å². The van der Waals surface area contributed by atoms with Crippen LogP contribution < -0.4 is 0 Å². The fraction of sp³-hybridized carbons (Fsp3) is 0.154. The molecule has 94 valence electrons. The maximum atomic E-state index is 12.9. The summed E-state index contributed by atoms with van der Waals surface area (Å²) in [7, 11) is 0. The van der Waals surface area contributed by atoms with Crippen molar-refractivity contribution in [2.24, 2.45) is 0 Å². The number of halogens is 3. The predicted octanol–water partition coefficient (Wildman–Crippen LogP) is 3.91. The molecule has 0 fully saturated rings. The number of rotatable bonds is 3. The summed E-state index contributed by atoms with van der Waals surface area (Å²) in [5.41, 5.74) is 1.22. The largest absolute Gasteiger partial charge is 0.386 e. The average molecular weight is 331 g/mol. The first kappa shape index (κ1) is 13.5. The lowest BCUT2D eigenvalue weighted by Gasteiger charge is -2.12. The Labute approximate surface area is 118 Å². The Morgan fingerprint density at radius 1 is 1.39 bits per heavy atom. The fourth-order valence-electron chi connectivity index (χ4n) is 1.64. The molecule has 0 spiro atoms. The molecule has 1 unspecified atom stereocenters. The third-order valence-corrected chi connectivity index (χ3v) is 3.55. The predicted molar refractivity (Wildman–Crippen MR) is 72.0 cm³/mol. The molecular formula is C13H10BrClFNO. The highest BCUT2D eigenvalue weighted by atomic mass is 79.9. The van der Waals surface area contributed by atoms with Crippen molar-refractivity contribution < 1.29 is 9.50 Å². The molecule has 2 aromatic rings. The van der Waals surface area contributed by atoms with E-state index in [0.29, 0.717) is 16.3 Å². The van der Waals surface area contributed by atoms with Gasteiger partial charge in [-0.2, -0.15) is 0 Å². The SMILES string of the molecule is OC(Cc1ccc(F)cc1Cl)c1ncccc1Br. The Bertz CT molecular complexity index is 564. The fourth-order valence-corrected chi connectivity index (χ4v) is 2.40. The highest BCUT2D eigenvalue weighted by Gasteiger charge is 2.15. The summed E-state index contributed by atoms with van der Waals surface area (Å²) in [6, 6.07) is 7.69. The second-order valence-electron chi connectivity index (χ2n) is 3.83. The van der Waals surface area contributed by atoms with Crippen molar-refractivity contribution in [2.45, 2.75) is 12.5 Å². The highest BCUT2D eigenvalue weighted by molar-refractivity contribution is 9.10. The number of nitrogens with zero attached hydrogens (tertiary/aromatic N) is 1. The molecule has 1 aromatic carbocycles. The van der Waals surface area contributed by atoms with E-state index in [1.54, 1.807) is 24.4 Å². The van der Waals surface area contributed by atoms with Crippen LogP contribution in [0.5, 0.6) is 0 Å². The minimum Gasteiger partial charge on any atom is -0.386 e. The zero-order chi connectivity index (χ0) is 13.1. The van der Waals surface area contributed by atoms with Gasteiger partial charge in [-0.25, -0.2) is 4.39 Å². The summed E-state index contributed by atoms with van der Waals surface area (Å²) in [5, 5.41) is 10.4. The van der Waals surface area contributed by atoms with Crippen LogP contribution in [0.25, 0.3) is 0 Å². The third-order valence-electron chi connectivity index (χ3n) is 2.53. The summed E-state index contributed by atoms with van der Waals surface area (Å²) in [4.78, 5) is 4.11. The Morgan fingerprint density at radius 2 is 2.17 bits per heavy atom. The molecule has 0 saturated carbocycles. The molecule has 1 aromatic heterocycles. The number of benzene rings is 1. The summed E-state index contributed by atoms with van der Waals surface area (Å²) in [6.45, 7) is 0. The van der Waals surface area contributed by atoms with Gasteiger partial charge in [0, 0.05) is 22.1 Å². The first-order valence-electron chi connectivity index (χ1n) is 5.30. The van der Waals surface area contributed by atoms with E-state index in [0.717, 1.165) is 4.47 Å². The maximum Gasteiger partial charge on any atom is 0.124 e. The Kier molecular flexibility index (Phi) is 4.32. The first-order valence-corrected chi connectivity index (χ1v) is 6.47. The van der Waals surface area contributed by atoms with Gasteiger partial charge in [0.2, 0.25) is 0 Å². The van der Waals surface area contributed by atoms with Crippen LogP contribution in [-0.2, 0) is 6.42 Å². The van der Waals surface area contributed by atoms with Crippen LogP contribution in [0.15, 0.2) is 41.0 Å². The minimum atomic E-state index is -0.788. The number of aliphatic hydroxyl groups excluding tert-OH is 1. The van der Waals surface area contributed by atoms with Crippen LogP contribution in [0.4, 0.5) is 4.39 Å². The topological polar surface area (TPSA) is 33.1 Å². The number of pyridine rings is 1. The molecule has 0 radical (unpaired) electrons.